The first-order chi connectivity index (χ1) is 9.10. The Morgan fingerprint density at radius 2 is 2.32 bits per heavy atom. The number of aryl methyl sites for hydroxylation is 1. The molecule has 0 saturated heterocycles. The van der Waals surface area contributed by atoms with E-state index in [4.69, 9.17) is 9.84 Å². The predicted octanol–water partition coefficient (Wildman–Crippen LogP) is 2.57. The molecule has 0 aliphatic rings. The third kappa shape index (κ3) is 3.29. The number of methoxy groups -OCH3 is 1. The molecule has 0 aliphatic heterocycles. The molecule has 2 aromatic rings. The number of aromatic nitrogens is 2. The molecule has 0 fully saturated rings. The number of benzene rings is 1. The van der Waals surface area contributed by atoms with Gasteiger partial charge in [0.1, 0.15) is 5.75 Å². The van der Waals surface area contributed by atoms with Crippen molar-refractivity contribution in [1.29, 1.82) is 0 Å². The van der Waals surface area contributed by atoms with E-state index in [2.05, 4.69) is 9.97 Å². The molecule has 0 atom stereocenters. The van der Waals surface area contributed by atoms with Crippen LogP contribution in [0.15, 0.2) is 29.6 Å². The van der Waals surface area contributed by atoms with Gasteiger partial charge in [0, 0.05) is 5.56 Å². The van der Waals surface area contributed by atoms with Crippen molar-refractivity contribution in [3.8, 4) is 17.0 Å². The van der Waals surface area contributed by atoms with Crippen molar-refractivity contribution in [3.63, 3.8) is 0 Å². The van der Waals surface area contributed by atoms with Crippen LogP contribution in [0.25, 0.3) is 11.3 Å². The Bertz CT molecular complexity index is 595. The number of aromatic amines is 1. The molecule has 0 unspecified atom stereocenters. The van der Waals surface area contributed by atoms with Crippen LogP contribution in [0.1, 0.15) is 5.56 Å². The first kappa shape index (κ1) is 13.5. The van der Waals surface area contributed by atoms with Gasteiger partial charge in [0.25, 0.3) is 0 Å². The maximum absolute atomic E-state index is 10.5. The smallest absolute Gasteiger partial charge is 0.313 e. The number of hydrogen-bond donors (Lipinski definition) is 2. The molecule has 1 aromatic heterocycles. The van der Waals surface area contributed by atoms with Gasteiger partial charge in [0.2, 0.25) is 0 Å². The lowest BCUT2D eigenvalue weighted by Crippen LogP contribution is -1.97. The lowest BCUT2D eigenvalue weighted by molar-refractivity contribution is -0.133. The van der Waals surface area contributed by atoms with Crippen molar-refractivity contribution in [2.45, 2.75) is 12.1 Å². The van der Waals surface area contributed by atoms with Gasteiger partial charge in [-0.3, -0.25) is 4.79 Å². The topological polar surface area (TPSA) is 75.2 Å². The number of rotatable bonds is 5. The SMILES string of the molecule is COc1ccc(C)cc1-c1cnc(SCC(=O)O)[nH]1. The number of carbonyl (C=O) groups is 1. The van der Waals surface area contributed by atoms with E-state index < -0.39 is 5.97 Å². The van der Waals surface area contributed by atoms with Gasteiger partial charge >= 0.3 is 5.97 Å². The summed E-state index contributed by atoms with van der Waals surface area (Å²) in [5.74, 6) is -0.127. The first-order valence-corrected chi connectivity index (χ1v) is 6.63. The zero-order valence-corrected chi connectivity index (χ0v) is 11.5. The van der Waals surface area contributed by atoms with Crippen LogP contribution in [-0.2, 0) is 4.79 Å². The van der Waals surface area contributed by atoms with E-state index in [0.717, 1.165) is 34.3 Å². The molecule has 1 heterocycles. The highest BCUT2D eigenvalue weighted by molar-refractivity contribution is 7.99. The number of nitrogens with one attached hydrogen (secondary N) is 1. The van der Waals surface area contributed by atoms with Crippen LogP contribution in [0.5, 0.6) is 5.75 Å². The van der Waals surface area contributed by atoms with Crippen molar-refractivity contribution in [2.24, 2.45) is 0 Å². The Morgan fingerprint density at radius 3 is 3.00 bits per heavy atom. The van der Waals surface area contributed by atoms with Crippen molar-refractivity contribution in [2.75, 3.05) is 12.9 Å². The van der Waals surface area contributed by atoms with Gasteiger partial charge in [-0.1, -0.05) is 23.4 Å². The van der Waals surface area contributed by atoms with Crippen molar-refractivity contribution in [3.05, 3.63) is 30.0 Å². The summed E-state index contributed by atoms with van der Waals surface area (Å²) in [5.41, 5.74) is 2.84. The summed E-state index contributed by atoms with van der Waals surface area (Å²) < 4.78 is 5.31. The van der Waals surface area contributed by atoms with E-state index in [0.29, 0.717) is 5.16 Å². The second-order valence-electron chi connectivity index (χ2n) is 3.99. The van der Waals surface area contributed by atoms with Crippen LogP contribution in [-0.4, -0.2) is 33.9 Å². The molecule has 0 saturated carbocycles. The van der Waals surface area contributed by atoms with Crippen LogP contribution in [0, 0.1) is 6.92 Å². The highest BCUT2D eigenvalue weighted by atomic mass is 32.2. The van der Waals surface area contributed by atoms with Crippen LogP contribution in [0.3, 0.4) is 0 Å². The van der Waals surface area contributed by atoms with E-state index in [9.17, 15) is 4.79 Å². The maximum atomic E-state index is 10.5. The van der Waals surface area contributed by atoms with E-state index >= 15 is 0 Å². The monoisotopic (exact) mass is 278 g/mol. The standard InChI is InChI=1S/C13H14N2O3S/c1-8-3-4-11(18-2)9(5-8)10-6-14-13(15-10)19-7-12(16)17/h3-6H,7H2,1-2H3,(H,14,15)(H,16,17). The Morgan fingerprint density at radius 1 is 1.53 bits per heavy atom. The Labute approximate surface area is 115 Å². The molecule has 5 nitrogen and oxygen atoms in total. The van der Waals surface area contributed by atoms with Crippen LogP contribution < -0.4 is 4.74 Å². The second-order valence-corrected chi connectivity index (χ2v) is 4.95. The van der Waals surface area contributed by atoms with E-state index in [1.54, 1.807) is 13.3 Å². The third-order valence-corrected chi connectivity index (χ3v) is 3.40. The third-order valence-electron chi connectivity index (χ3n) is 2.53. The molecule has 1 aromatic carbocycles. The normalized spacial score (nSPS) is 10.4. The van der Waals surface area contributed by atoms with Gasteiger partial charge in [-0.2, -0.15) is 0 Å². The molecule has 0 radical (unpaired) electrons. The fourth-order valence-electron chi connectivity index (χ4n) is 1.68. The molecule has 6 heteroatoms. The average Bonchev–Trinajstić information content (AvgIpc) is 2.85. The highest BCUT2D eigenvalue weighted by Gasteiger charge is 2.10. The number of hydrogen-bond acceptors (Lipinski definition) is 4. The maximum Gasteiger partial charge on any atom is 0.313 e. The first-order valence-electron chi connectivity index (χ1n) is 5.64. The number of H-pyrrole nitrogens is 1. The lowest BCUT2D eigenvalue weighted by Gasteiger charge is -2.07. The molecule has 2 rings (SSSR count). The van der Waals surface area contributed by atoms with E-state index in [-0.39, 0.29) is 5.75 Å². The number of thioether (sulfide) groups is 1. The fourth-order valence-corrected chi connectivity index (χ4v) is 2.25. The minimum absolute atomic E-state index is 0.0160. The van der Waals surface area contributed by atoms with Crippen molar-refractivity contribution in [1.82, 2.24) is 9.97 Å². The number of ether oxygens (including phenoxy) is 1. The minimum atomic E-state index is -0.865. The summed E-state index contributed by atoms with van der Waals surface area (Å²) in [5, 5.41) is 9.22. The molecule has 0 amide bonds. The fraction of sp³-hybridized carbons (Fsp3) is 0.231. The van der Waals surface area contributed by atoms with Crippen LogP contribution >= 0.6 is 11.8 Å². The number of nitrogens with zero attached hydrogens (tertiary/aromatic N) is 1. The zero-order valence-electron chi connectivity index (χ0n) is 10.6. The number of carboxylic acid groups (broad SMARTS) is 1. The largest absolute Gasteiger partial charge is 0.496 e. The van der Waals surface area contributed by atoms with Gasteiger partial charge in [0.15, 0.2) is 5.16 Å². The zero-order chi connectivity index (χ0) is 13.8. The van der Waals surface area contributed by atoms with Crippen LogP contribution in [0.4, 0.5) is 0 Å². The average molecular weight is 278 g/mol. The van der Waals surface area contributed by atoms with Gasteiger partial charge in [-0.25, -0.2) is 4.98 Å². The molecule has 0 aliphatic carbocycles. The second kappa shape index (κ2) is 5.79. The van der Waals surface area contributed by atoms with E-state index in [1.807, 2.05) is 25.1 Å². The van der Waals surface area contributed by atoms with Crippen LogP contribution in [0.2, 0.25) is 0 Å². The minimum Gasteiger partial charge on any atom is -0.496 e. The Hall–Kier alpha value is -1.95. The summed E-state index contributed by atoms with van der Waals surface area (Å²) >= 11 is 1.15. The summed E-state index contributed by atoms with van der Waals surface area (Å²) in [7, 11) is 1.62. The van der Waals surface area contributed by atoms with Gasteiger partial charge in [-0.05, 0) is 19.1 Å². The molecule has 19 heavy (non-hydrogen) atoms. The number of imidazole rings is 1. The Kier molecular flexibility index (Phi) is 4.11. The molecule has 0 spiro atoms. The summed E-state index contributed by atoms with van der Waals surface area (Å²) in [6, 6.07) is 5.87. The molecular formula is C13H14N2O3S. The summed E-state index contributed by atoms with van der Waals surface area (Å²) in [6.45, 7) is 2.00. The van der Waals surface area contributed by atoms with E-state index in [1.165, 1.54) is 0 Å². The lowest BCUT2D eigenvalue weighted by atomic mass is 10.1. The summed E-state index contributed by atoms with van der Waals surface area (Å²) in [6.07, 6.45) is 1.68. The van der Waals surface area contributed by atoms with Crippen molar-refractivity contribution >= 4 is 17.7 Å². The Balaban J connectivity index is 2.27. The van der Waals surface area contributed by atoms with Gasteiger partial charge < -0.3 is 14.8 Å². The van der Waals surface area contributed by atoms with Gasteiger partial charge in [-0.15, -0.1) is 0 Å². The molecule has 0 bridgehead atoms. The highest BCUT2D eigenvalue weighted by Crippen LogP contribution is 2.30. The summed E-state index contributed by atoms with van der Waals surface area (Å²) in [4.78, 5) is 17.8. The quantitative estimate of drug-likeness (QED) is 0.822. The predicted molar refractivity (Wildman–Crippen MR) is 73.7 cm³/mol. The molecule has 2 N–H and O–H groups in total. The number of aliphatic carboxylic acids is 1. The molecular weight excluding hydrogens is 264 g/mol. The van der Waals surface area contributed by atoms with Gasteiger partial charge in [0.05, 0.1) is 24.8 Å². The number of carboxylic acids is 1. The molecule has 100 valence electrons. The van der Waals surface area contributed by atoms with Crippen molar-refractivity contribution < 1.29 is 14.6 Å².